The Morgan fingerprint density at radius 1 is 0.973 bits per heavy atom. The van der Waals surface area contributed by atoms with Crippen LogP contribution in [-0.2, 0) is 16.6 Å². The molecule has 0 aliphatic carbocycles. The highest BCUT2D eigenvalue weighted by Gasteiger charge is 2.26. The molecule has 3 rings (SSSR count). The van der Waals surface area contributed by atoms with Crippen LogP contribution >= 0.6 is 0 Å². The minimum absolute atomic E-state index is 0.0392. The first-order chi connectivity index (χ1) is 17.4. The van der Waals surface area contributed by atoms with Crippen molar-refractivity contribution in [3.05, 3.63) is 83.4 Å². The summed E-state index contributed by atoms with van der Waals surface area (Å²) in [5.74, 6) is 0.751. The van der Waals surface area contributed by atoms with Crippen LogP contribution < -0.4 is 14.4 Å². The SMILES string of the molecule is COc1ccc(S(=O)(=O)Nc2ccc(N(C)C)c(CN(C(=O)c3cccc(C)c3)C(C)C(C)C)c2)cc1. The Balaban J connectivity index is 1.98. The lowest BCUT2D eigenvalue weighted by molar-refractivity contribution is 0.0628. The summed E-state index contributed by atoms with van der Waals surface area (Å²) in [6.45, 7) is 8.53. The van der Waals surface area contributed by atoms with Gasteiger partial charge in [0.15, 0.2) is 0 Å². The van der Waals surface area contributed by atoms with Gasteiger partial charge < -0.3 is 14.5 Å². The summed E-state index contributed by atoms with van der Waals surface area (Å²) in [6, 6.07) is 19.2. The number of hydrogen-bond donors (Lipinski definition) is 1. The molecule has 1 amide bonds. The summed E-state index contributed by atoms with van der Waals surface area (Å²) in [7, 11) is 1.58. The average Bonchev–Trinajstić information content (AvgIpc) is 2.86. The van der Waals surface area contributed by atoms with E-state index in [-0.39, 0.29) is 22.8 Å². The Bertz CT molecular complexity index is 1340. The molecule has 0 saturated carbocycles. The van der Waals surface area contributed by atoms with Crippen molar-refractivity contribution in [1.82, 2.24) is 4.90 Å². The van der Waals surface area contributed by atoms with Gasteiger partial charge in [-0.2, -0.15) is 0 Å². The highest BCUT2D eigenvalue weighted by molar-refractivity contribution is 7.92. The maximum Gasteiger partial charge on any atom is 0.261 e. The lowest BCUT2D eigenvalue weighted by atomic mass is 10.0. The van der Waals surface area contributed by atoms with Crippen LogP contribution in [0.4, 0.5) is 11.4 Å². The molecule has 0 heterocycles. The molecule has 0 bridgehead atoms. The van der Waals surface area contributed by atoms with Gasteiger partial charge in [-0.15, -0.1) is 0 Å². The molecular weight excluding hydrogens is 486 g/mol. The molecule has 0 spiro atoms. The summed E-state index contributed by atoms with van der Waals surface area (Å²) in [4.78, 5) is 17.6. The van der Waals surface area contributed by atoms with Crippen molar-refractivity contribution in [2.45, 2.75) is 45.2 Å². The summed E-state index contributed by atoms with van der Waals surface area (Å²) in [6.07, 6.45) is 0. The zero-order valence-electron chi connectivity index (χ0n) is 22.6. The molecule has 0 aromatic heterocycles. The molecule has 0 radical (unpaired) electrons. The molecule has 0 saturated heterocycles. The molecule has 1 N–H and O–H groups in total. The maximum absolute atomic E-state index is 13.7. The second-order valence-electron chi connectivity index (χ2n) is 9.81. The number of methoxy groups -OCH3 is 1. The first-order valence-corrected chi connectivity index (χ1v) is 13.8. The lowest BCUT2D eigenvalue weighted by Crippen LogP contribution is -2.41. The number of carbonyl (C=O) groups is 1. The second kappa shape index (κ2) is 11.7. The zero-order valence-corrected chi connectivity index (χ0v) is 23.5. The van der Waals surface area contributed by atoms with Gasteiger partial charge in [0.25, 0.3) is 15.9 Å². The Morgan fingerprint density at radius 2 is 1.65 bits per heavy atom. The summed E-state index contributed by atoms with van der Waals surface area (Å²) in [5.41, 5.74) is 3.83. The number of benzene rings is 3. The van der Waals surface area contributed by atoms with Crippen LogP contribution in [-0.4, -0.2) is 46.5 Å². The fourth-order valence-corrected chi connectivity index (χ4v) is 5.12. The third-order valence-corrected chi connectivity index (χ3v) is 7.90. The summed E-state index contributed by atoms with van der Waals surface area (Å²) < 4.78 is 33.9. The van der Waals surface area contributed by atoms with Crippen LogP contribution in [0, 0.1) is 12.8 Å². The predicted molar refractivity (Wildman–Crippen MR) is 150 cm³/mol. The lowest BCUT2D eigenvalue weighted by Gasteiger charge is -2.33. The van der Waals surface area contributed by atoms with E-state index in [1.165, 1.54) is 19.2 Å². The van der Waals surface area contributed by atoms with Crippen molar-refractivity contribution in [1.29, 1.82) is 0 Å². The molecular formula is C29H37N3O4S. The average molecular weight is 524 g/mol. The minimum atomic E-state index is -3.81. The third-order valence-electron chi connectivity index (χ3n) is 6.51. The van der Waals surface area contributed by atoms with Gasteiger partial charge in [0.2, 0.25) is 0 Å². The van der Waals surface area contributed by atoms with E-state index in [9.17, 15) is 13.2 Å². The second-order valence-corrected chi connectivity index (χ2v) is 11.5. The fourth-order valence-electron chi connectivity index (χ4n) is 4.07. The predicted octanol–water partition coefficient (Wildman–Crippen LogP) is 5.56. The zero-order chi connectivity index (χ0) is 27.3. The first-order valence-electron chi connectivity index (χ1n) is 12.3. The van der Waals surface area contributed by atoms with E-state index in [1.54, 1.807) is 24.3 Å². The van der Waals surface area contributed by atoms with Crippen LogP contribution in [0.1, 0.15) is 42.3 Å². The quantitative estimate of drug-likeness (QED) is 0.377. The number of amides is 1. The molecule has 198 valence electrons. The monoisotopic (exact) mass is 523 g/mol. The number of ether oxygens (including phenoxy) is 1. The smallest absolute Gasteiger partial charge is 0.261 e. The van der Waals surface area contributed by atoms with Crippen molar-refractivity contribution in [3.63, 3.8) is 0 Å². The molecule has 1 atom stereocenters. The van der Waals surface area contributed by atoms with Crippen LogP contribution in [0.15, 0.2) is 71.6 Å². The van der Waals surface area contributed by atoms with Gasteiger partial charge in [0.1, 0.15) is 5.75 Å². The van der Waals surface area contributed by atoms with Crippen molar-refractivity contribution in [2.75, 3.05) is 30.8 Å². The van der Waals surface area contributed by atoms with Crippen LogP contribution in [0.25, 0.3) is 0 Å². The maximum atomic E-state index is 13.7. The summed E-state index contributed by atoms with van der Waals surface area (Å²) in [5, 5.41) is 0. The molecule has 8 heteroatoms. The van der Waals surface area contributed by atoms with Crippen LogP contribution in [0.2, 0.25) is 0 Å². The molecule has 3 aromatic rings. The van der Waals surface area contributed by atoms with E-state index < -0.39 is 10.0 Å². The number of aryl methyl sites for hydroxylation is 1. The standard InChI is InChI=1S/C29H37N3O4S/c1-20(2)22(4)32(29(33)23-10-8-9-21(3)17-23)19-24-18-25(11-16-28(24)31(5)6)30-37(34,35)27-14-12-26(36-7)13-15-27/h8-18,20,22,30H,19H2,1-7H3. The number of rotatable bonds is 10. The number of nitrogens with one attached hydrogen (secondary N) is 1. The van der Waals surface area contributed by atoms with Crippen molar-refractivity contribution in [3.8, 4) is 5.75 Å². The van der Waals surface area contributed by atoms with E-state index in [2.05, 4.69) is 18.6 Å². The molecule has 37 heavy (non-hydrogen) atoms. The molecule has 0 aliphatic rings. The van der Waals surface area contributed by atoms with E-state index >= 15 is 0 Å². The third kappa shape index (κ3) is 6.83. The van der Waals surface area contributed by atoms with Gasteiger partial charge in [0, 0.05) is 43.6 Å². The van der Waals surface area contributed by atoms with Crippen molar-refractivity contribution in [2.24, 2.45) is 5.92 Å². The van der Waals surface area contributed by atoms with E-state index in [1.807, 2.05) is 68.1 Å². The highest BCUT2D eigenvalue weighted by Crippen LogP contribution is 2.29. The largest absolute Gasteiger partial charge is 0.497 e. The Labute approximate surface area is 221 Å². The molecule has 0 fully saturated rings. The van der Waals surface area contributed by atoms with Crippen molar-refractivity contribution >= 4 is 27.3 Å². The van der Waals surface area contributed by atoms with Crippen LogP contribution in [0.5, 0.6) is 5.75 Å². The summed E-state index contributed by atoms with van der Waals surface area (Å²) >= 11 is 0. The van der Waals surface area contributed by atoms with E-state index in [0.717, 1.165) is 16.8 Å². The number of carbonyl (C=O) groups excluding carboxylic acids is 1. The van der Waals surface area contributed by atoms with Gasteiger partial charge >= 0.3 is 0 Å². The number of sulfonamides is 1. The van der Waals surface area contributed by atoms with E-state index in [4.69, 9.17) is 4.74 Å². The van der Waals surface area contributed by atoms with Crippen LogP contribution in [0.3, 0.4) is 0 Å². The Morgan fingerprint density at radius 3 is 2.22 bits per heavy atom. The molecule has 1 unspecified atom stereocenters. The number of nitrogens with zero attached hydrogens (tertiary/aromatic N) is 2. The number of anilines is 2. The Kier molecular flexibility index (Phi) is 8.86. The van der Waals surface area contributed by atoms with Gasteiger partial charge in [-0.3, -0.25) is 9.52 Å². The van der Waals surface area contributed by atoms with Gasteiger partial charge in [0.05, 0.1) is 12.0 Å². The van der Waals surface area contributed by atoms with E-state index in [0.29, 0.717) is 23.5 Å². The molecule has 0 aliphatic heterocycles. The first kappa shape index (κ1) is 28.1. The number of hydrogen-bond acceptors (Lipinski definition) is 5. The van der Waals surface area contributed by atoms with Gasteiger partial charge in [-0.25, -0.2) is 8.42 Å². The molecule has 3 aromatic carbocycles. The molecule has 7 nitrogen and oxygen atoms in total. The minimum Gasteiger partial charge on any atom is -0.497 e. The van der Waals surface area contributed by atoms with Gasteiger partial charge in [-0.1, -0.05) is 31.5 Å². The topological polar surface area (TPSA) is 79.0 Å². The normalized spacial score (nSPS) is 12.2. The van der Waals surface area contributed by atoms with Gasteiger partial charge in [-0.05, 0) is 79.9 Å². The Hall–Kier alpha value is -3.52. The highest BCUT2D eigenvalue weighted by atomic mass is 32.2. The van der Waals surface area contributed by atoms with Crippen molar-refractivity contribution < 1.29 is 17.9 Å². The fraction of sp³-hybridized carbons (Fsp3) is 0.345.